The molecule has 1 fully saturated rings. The van der Waals surface area contributed by atoms with Crippen LogP contribution < -0.4 is 5.73 Å². The van der Waals surface area contributed by atoms with Gasteiger partial charge >= 0.3 is 0 Å². The van der Waals surface area contributed by atoms with Gasteiger partial charge in [0.1, 0.15) is 0 Å². The average Bonchev–Trinajstić information content (AvgIpc) is 3.04. The van der Waals surface area contributed by atoms with Gasteiger partial charge in [-0.1, -0.05) is 23.8 Å². The number of hydrogen-bond acceptors (Lipinski definition) is 1. The lowest BCUT2D eigenvalue weighted by Gasteiger charge is -2.26. The third-order valence-electron chi connectivity index (χ3n) is 3.36. The van der Waals surface area contributed by atoms with E-state index in [0.29, 0.717) is 0 Å². The van der Waals surface area contributed by atoms with E-state index < -0.39 is 5.67 Å². The maximum absolute atomic E-state index is 14.8. The van der Waals surface area contributed by atoms with Crippen molar-refractivity contribution in [3.8, 4) is 0 Å². The zero-order valence-corrected chi connectivity index (χ0v) is 9.39. The van der Waals surface area contributed by atoms with Crippen LogP contribution in [0.25, 0.3) is 0 Å². The summed E-state index contributed by atoms with van der Waals surface area (Å²) in [5, 5.41) is 0. The number of benzene rings is 1. The Balaban J connectivity index is 2.45. The van der Waals surface area contributed by atoms with Gasteiger partial charge in [-0.3, -0.25) is 0 Å². The molecular formula is C13H18FN. The molecule has 2 heteroatoms. The van der Waals surface area contributed by atoms with E-state index in [1.54, 1.807) is 0 Å². The molecule has 1 aromatic rings. The molecule has 1 unspecified atom stereocenters. The Morgan fingerprint density at radius 3 is 2.60 bits per heavy atom. The van der Waals surface area contributed by atoms with Gasteiger partial charge in [0.2, 0.25) is 0 Å². The highest BCUT2D eigenvalue weighted by Crippen LogP contribution is 2.48. The molecule has 0 aromatic heterocycles. The van der Waals surface area contributed by atoms with Crippen molar-refractivity contribution in [2.24, 2.45) is 11.7 Å². The Bertz CT molecular complexity index is 371. The van der Waals surface area contributed by atoms with E-state index in [0.717, 1.165) is 29.5 Å². The number of hydrogen-bond donors (Lipinski definition) is 1. The highest BCUT2D eigenvalue weighted by molar-refractivity contribution is 5.36. The zero-order valence-electron chi connectivity index (χ0n) is 9.39. The first-order chi connectivity index (χ1) is 7.08. The Morgan fingerprint density at radius 2 is 2.07 bits per heavy atom. The fraction of sp³-hybridized carbons (Fsp3) is 0.538. The van der Waals surface area contributed by atoms with Crippen LogP contribution in [0, 0.1) is 19.8 Å². The summed E-state index contributed by atoms with van der Waals surface area (Å²) in [5.74, 6) is 0.142. The molecular weight excluding hydrogens is 189 g/mol. The molecule has 1 aromatic carbocycles. The third-order valence-corrected chi connectivity index (χ3v) is 3.36. The van der Waals surface area contributed by atoms with E-state index in [1.807, 2.05) is 32.0 Å². The summed E-state index contributed by atoms with van der Waals surface area (Å²) in [4.78, 5) is 0. The van der Waals surface area contributed by atoms with Crippen molar-refractivity contribution in [3.05, 3.63) is 34.9 Å². The quantitative estimate of drug-likeness (QED) is 0.810. The Kier molecular flexibility index (Phi) is 2.55. The maximum atomic E-state index is 14.8. The molecule has 0 bridgehead atoms. The monoisotopic (exact) mass is 207 g/mol. The predicted molar refractivity (Wildman–Crippen MR) is 60.5 cm³/mol. The number of aryl methyl sites for hydroxylation is 2. The highest BCUT2D eigenvalue weighted by Gasteiger charge is 2.46. The Labute approximate surface area is 90.5 Å². The fourth-order valence-electron chi connectivity index (χ4n) is 2.22. The van der Waals surface area contributed by atoms with E-state index in [4.69, 9.17) is 5.73 Å². The van der Waals surface area contributed by atoms with Crippen molar-refractivity contribution in [1.29, 1.82) is 0 Å². The molecule has 0 aliphatic heterocycles. The van der Waals surface area contributed by atoms with Crippen molar-refractivity contribution < 1.29 is 4.39 Å². The Hall–Kier alpha value is -0.890. The smallest absolute Gasteiger partial charge is 0.151 e. The van der Waals surface area contributed by atoms with E-state index in [2.05, 4.69) is 0 Å². The lowest BCUT2D eigenvalue weighted by atomic mass is 9.86. The second-order valence-corrected chi connectivity index (χ2v) is 4.66. The minimum absolute atomic E-state index is 0.0992. The first-order valence-corrected chi connectivity index (χ1v) is 5.54. The molecule has 15 heavy (non-hydrogen) atoms. The van der Waals surface area contributed by atoms with Crippen molar-refractivity contribution in [3.63, 3.8) is 0 Å². The van der Waals surface area contributed by atoms with Gasteiger partial charge in [0, 0.05) is 6.54 Å². The summed E-state index contributed by atoms with van der Waals surface area (Å²) in [7, 11) is 0. The van der Waals surface area contributed by atoms with Crippen LogP contribution in [0.5, 0.6) is 0 Å². The highest BCUT2D eigenvalue weighted by atomic mass is 19.1. The van der Waals surface area contributed by atoms with Crippen LogP contribution in [-0.2, 0) is 5.67 Å². The summed E-state index contributed by atoms with van der Waals surface area (Å²) in [5.41, 5.74) is 7.24. The summed E-state index contributed by atoms with van der Waals surface area (Å²) >= 11 is 0. The van der Waals surface area contributed by atoms with E-state index in [1.165, 1.54) is 0 Å². The molecule has 2 rings (SSSR count). The standard InChI is InChI=1S/C13H18FN/c1-9-3-4-10(2)12(7-9)13(14,8-15)11-5-6-11/h3-4,7,11H,5-6,8,15H2,1-2H3. The SMILES string of the molecule is Cc1ccc(C)c(C(F)(CN)C2CC2)c1. The van der Waals surface area contributed by atoms with Gasteiger partial charge in [-0.2, -0.15) is 0 Å². The van der Waals surface area contributed by atoms with Gasteiger partial charge in [0.05, 0.1) is 0 Å². The number of nitrogens with two attached hydrogens (primary N) is 1. The topological polar surface area (TPSA) is 26.0 Å². The Morgan fingerprint density at radius 1 is 1.40 bits per heavy atom. The third kappa shape index (κ3) is 1.78. The molecule has 1 aliphatic rings. The second kappa shape index (κ2) is 3.60. The van der Waals surface area contributed by atoms with E-state index in [-0.39, 0.29) is 12.5 Å². The lowest BCUT2D eigenvalue weighted by Crippen LogP contribution is -2.33. The molecule has 0 heterocycles. The molecule has 0 amide bonds. The number of halogens is 1. The fourth-order valence-corrected chi connectivity index (χ4v) is 2.22. The van der Waals surface area contributed by atoms with Crippen LogP contribution in [0.2, 0.25) is 0 Å². The second-order valence-electron chi connectivity index (χ2n) is 4.66. The molecule has 1 nitrogen and oxygen atoms in total. The molecule has 1 atom stereocenters. The van der Waals surface area contributed by atoms with Gasteiger partial charge in [0.15, 0.2) is 5.67 Å². The first kappa shape index (κ1) is 10.6. The largest absolute Gasteiger partial charge is 0.327 e. The summed E-state index contributed by atoms with van der Waals surface area (Å²) in [6.45, 7) is 4.05. The summed E-state index contributed by atoms with van der Waals surface area (Å²) in [6.07, 6.45) is 1.95. The number of alkyl halides is 1. The molecule has 1 aliphatic carbocycles. The first-order valence-electron chi connectivity index (χ1n) is 5.54. The molecule has 1 saturated carbocycles. The van der Waals surface area contributed by atoms with Gasteiger partial charge < -0.3 is 5.73 Å². The minimum Gasteiger partial charge on any atom is -0.327 e. The number of rotatable bonds is 3. The average molecular weight is 207 g/mol. The predicted octanol–water partition coefficient (Wildman–Crippen LogP) is 2.84. The van der Waals surface area contributed by atoms with E-state index >= 15 is 0 Å². The van der Waals surface area contributed by atoms with Crippen LogP contribution >= 0.6 is 0 Å². The molecule has 82 valence electrons. The van der Waals surface area contributed by atoms with Crippen molar-refractivity contribution in [2.45, 2.75) is 32.4 Å². The lowest BCUT2D eigenvalue weighted by molar-refractivity contribution is 0.142. The molecule has 0 saturated heterocycles. The van der Waals surface area contributed by atoms with Crippen LogP contribution in [0.1, 0.15) is 29.5 Å². The minimum atomic E-state index is -1.30. The van der Waals surface area contributed by atoms with Gasteiger partial charge in [-0.05, 0) is 43.7 Å². The summed E-state index contributed by atoms with van der Waals surface area (Å²) in [6, 6.07) is 5.94. The van der Waals surface area contributed by atoms with Crippen molar-refractivity contribution >= 4 is 0 Å². The van der Waals surface area contributed by atoms with Crippen LogP contribution in [0.3, 0.4) is 0 Å². The normalized spacial score (nSPS) is 20.0. The molecule has 0 radical (unpaired) electrons. The van der Waals surface area contributed by atoms with E-state index in [9.17, 15) is 4.39 Å². The molecule has 2 N–H and O–H groups in total. The van der Waals surface area contributed by atoms with Crippen LogP contribution in [-0.4, -0.2) is 6.54 Å². The van der Waals surface area contributed by atoms with Crippen LogP contribution in [0.4, 0.5) is 4.39 Å². The molecule has 0 spiro atoms. The van der Waals surface area contributed by atoms with Crippen molar-refractivity contribution in [2.75, 3.05) is 6.54 Å². The van der Waals surface area contributed by atoms with Crippen molar-refractivity contribution in [1.82, 2.24) is 0 Å². The van der Waals surface area contributed by atoms with Gasteiger partial charge in [-0.25, -0.2) is 4.39 Å². The zero-order chi connectivity index (χ0) is 11.1. The van der Waals surface area contributed by atoms with Gasteiger partial charge in [-0.15, -0.1) is 0 Å². The van der Waals surface area contributed by atoms with Gasteiger partial charge in [0.25, 0.3) is 0 Å². The summed E-state index contributed by atoms with van der Waals surface area (Å²) < 4.78 is 14.8. The van der Waals surface area contributed by atoms with Crippen LogP contribution in [0.15, 0.2) is 18.2 Å². The maximum Gasteiger partial charge on any atom is 0.151 e.